The van der Waals surface area contributed by atoms with E-state index in [4.69, 9.17) is 4.74 Å². The Kier molecular flexibility index (Phi) is 5.74. The summed E-state index contributed by atoms with van der Waals surface area (Å²) in [7, 11) is 0. The fourth-order valence-electron chi connectivity index (χ4n) is 4.22. The van der Waals surface area contributed by atoms with Gasteiger partial charge in [0.15, 0.2) is 0 Å². The van der Waals surface area contributed by atoms with Gasteiger partial charge in [0.05, 0.1) is 10.2 Å². The third-order valence-electron chi connectivity index (χ3n) is 5.66. The highest BCUT2D eigenvalue weighted by Gasteiger charge is 2.30. The Morgan fingerprint density at radius 3 is 2.56 bits per heavy atom. The molecule has 0 radical (unpaired) electrons. The van der Waals surface area contributed by atoms with Gasteiger partial charge in [0.25, 0.3) is 5.19 Å². The number of nitrogens with one attached hydrogen (secondary N) is 1. The minimum Gasteiger partial charge on any atom is -0.431 e. The van der Waals surface area contributed by atoms with Gasteiger partial charge in [0.2, 0.25) is 0 Å². The molecule has 4 heteroatoms. The summed E-state index contributed by atoms with van der Waals surface area (Å²) in [6, 6.07) is 16.7. The van der Waals surface area contributed by atoms with Crippen LogP contribution in [0.1, 0.15) is 51.0 Å². The van der Waals surface area contributed by atoms with Gasteiger partial charge in [-0.15, -0.1) is 0 Å². The van der Waals surface area contributed by atoms with Crippen LogP contribution in [0.5, 0.6) is 10.9 Å². The van der Waals surface area contributed by atoms with Crippen LogP contribution in [0.25, 0.3) is 10.2 Å². The molecule has 3 aromatic rings. The molecule has 4 rings (SSSR count). The molecule has 27 heavy (non-hydrogen) atoms. The average molecular weight is 381 g/mol. The number of fused-ring (bicyclic) bond motifs is 1. The monoisotopic (exact) mass is 380 g/mol. The average Bonchev–Trinajstić information content (AvgIpc) is 3.11. The molecule has 0 amide bonds. The number of thiazole rings is 1. The van der Waals surface area contributed by atoms with E-state index in [0.29, 0.717) is 10.7 Å². The third-order valence-corrected chi connectivity index (χ3v) is 6.57. The van der Waals surface area contributed by atoms with E-state index in [1.807, 2.05) is 18.2 Å². The second-order valence-corrected chi connectivity index (χ2v) is 8.56. The molecule has 2 aromatic carbocycles. The predicted molar refractivity (Wildman–Crippen MR) is 114 cm³/mol. The maximum atomic E-state index is 5.97. The van der Waals surface area contributed by atoms with E-state index in [0.717, 1.165) is 28.9 Å². The number of benzene rings is 2. The number of rotatable bonds is 7. The first-order valence-electron chi connectivity index (χ1n) is 10.1. The van der Waals surface area contributed by atoms with Crippen molar-refractivity contribution in [2.45, 2.75) is 57.4 Å². The van der Waals surface area contributed by atoms with Crippen LogP contribution >= 0.6 is 11.3 Å². The minimum absolute atomic E-state index is 0.350. The van der Waals surface area contributed by atoms with Crippen molar-refractivity contribution in [3.63, 3.8) is 0 Å². The Hall–Kier alpha value is -1.91. The van der Waals surface area contributed by atoms with Gasteiger partial charge in [-0.2, -0.15) is 0 Å². The zero-order valence-electron chi connectivity index (χ0n) is 16.0. The lowest BCUT2D eigenvalue weighted by Crippen LogP contribution is -2.47. The lowest BCUT2D eigenvalue weighted by molar-refractivity contribution is 0.219. The molecular weight excluding hydrogens is 352 g/mol. The third kappa shape index (κ3) is 4.50. The summed E-state index contributed by atoms with van der Waals surface area (Å²) in [6.07, 6.45) is 9.10. The molecule has 0 bridgehead atoms. The van der Waals surface area contributed by atoms with Gasteiger partial charge in [-0.1, -0.05) is 61.8 Å². The molecule has 1 N–H and O–H groups in total. The zero-order chi connectivity index (χ0) is 18.5. The summed E-state index contributed by atoms with van der Waals surface area (Å²) in [5.74, 6) is 0.858. The molecule has 0 atom stereocenters. The first kappa shape index (κ1) is 18.5. The van der Waals surface area contributed by atoms with Crippen molar-refractivity contribution in [3.05, 3.63) is 54.1 Å². The van der Waals surface area contributed by atoms with Crippen molar-refractivity contribution in [1.82, 2.24) is 10.3 Å². The first-order chi connectivity index (χ1) is 13.3. The second-order valence-electron chi connectivity index (χ2n) is 7.56. The Morgan fingerprint density at radius 2 is 1.81 bits per heavy atom. The number of para-hydroxylation sites is 1. The number of hydrogen-bond acceptors (Lipinski definition) is 4. The highest BCUT2D eigenvalue weighted by Crippen LogP contribution is 2.33. The second kappa shape index (κ2) is 8.41. The van der Waals surface area contributed by atoms with E-state index in [1.54, 1.807) is 11.3 Å². The van der Waals surface area contributed by atoms with Crippen LogP contribution in [-0.4, -0.2) is 17.1 Å². The van der Waals surface area contributed by atoms with Gasteiger partial charge in [0.1, 0.15) is 5.75 Å². The summed E-state index contributed by atoms with van der Waals surface area (Å²) in [6.45, 7) is 3.29. The smallest absolute Gasteiger partial charge is 0.279 e. The SMILES string of the molecule is CCNC1(CCc2ccc(Oc3nc4ccccc4s3)cc2)CCCCC1. The van der Waals surface area contributed by atoms with Crippen molar-refractivity contribution < 1.29 is 4.74 Å². The molecule has 0 spiro atoms. The lowest BCUT2D eigenvalue weighted by Gasteiger charge is -2.38. The molecule has 3 nitrogen and oxygen atoms in total. The maximum absolute atomic E-state index is 5.97. The van der Waals surface area contributed by atoms with E-state index in [9.17, 15) is 0 Å². The number of nitrogens with zero attached hydrogens (tertiary/aromatic N) is 1. The van der Waals surface area contributed by atoms with E-state index in [-0.39, 0.29) is 0 Å². The van der Waals surface area contributed by atoms with Crippen LogP contribution in [0.2, 0.25) is 0 Å². The number of hydrogen-bond donors (Lipinski definition) is 1. The lowest BCUT2D eigenvalue weighted by atomic mass is 9.78. The van der Waals surface area contributed by atoms with Crippen LogP contribution in [0.4, 0.5) is 0 Å². The van der Waals surface area contributed by atoms with E-state index >= 15 is 0 Å². The van der Waals surface area contributed by atoms with Crippen LogP contribution in [-0.2, 0) is 6.42 Å². The van der Waals surface area contributed by atoms with Crippen LogP contribution in [0, 0.1) is 0 Å². The molecule has 1 saturated carbocycles. The van der Waals surface area contributed by atoms with Crippen LogP contribution in [0.3, 0.4) is 0 Å². The number of ether oxygens (including phenoxy) is 1. The normalized spacial score (nSPS) is 16.5. The van der Waals surface area contributed by atoms with Gasteiger partial charge in [-0.25, -0.2) is 4.98 Å². The van der Waals surface area contributed by atoms with E-state index in [1.165, 1.54) is 44.1 Å². The number of aromatic nitrogens is 1. The molecule has 1 aliphatic carbocycles. The van der Waals surface area contributed by atoms with Gasteiger partial charge in [-0.3, -0.25) is 0 Å². The largest absolute Gasteiger partial charge is 0.431 e. The minimum atomic E-state index is 0.350. The summed E-state index contributed by atoms with van der Waals surface area (Å²) >= 11 is 1.59. The topological polar surface area (TPSA) is 34.1 Å². The van der Waals surface area contributed by atoms with Crippen molar-refractivity contribution in [2.75, 3.05) is 6.54 Å². The summed E-state index contributed by atoms with van der Waals surface area (Å²) in [5.41, 5.74) is 2.73. The maximum Gasteiger partial charge on any atom is 0.279 e. The Balaban J connectivity index is 1.38. The van der Waals surface area contributed by atoms with Crippen LogP contribution in [0.15, 0.2) is 48.5 Å². The van der Waals surface area contributed by atoms with Gasteiger partial charge in [-0.05, 0) is 62.1 Å². The van der Waals surface area contributed by atoms with E-state index in [2.05, 4.69) is 47.6 Å². The van der Waals surface area contributed by atoms with Gasteiger partial charge >= 0.3 is 0 Å². The molecule has 0 aliphatic heterocycles. The molecule has 142 valence electrons. The number of aryl methyl sites for hydroxylation is 1. The fraction of sp³-hybridized carbons (Fsp3) is 0.435. The highest BCUT2D eigenvalue weighted by atomic mass is 32.1. The highest BCUT2D eigenvalue weighted by molar-refractivity contribution is 7.20. The molecular formula is C23H28N2OS. The van der Waals surface area contributed by atoms with Crippen molar-refractivity contribution in [2.24, 2.45) is 0 Å². The standard InChI is InChI=1S/C23H28N2OS/c1-2-24-23(15-6-3-7-16-23)17-14-18-10-12-19(13-11-18)26-22-25-20-8-4-5-9-21(20)27-22/h4-5,8-13,24H,2-3,6-7,14-17H2,1H3. The van der Waals surface area contributed by atoms with Crippen molar-refractivity contribution >= 4 is 21.6 Å². The summed E-state index contributed by atoms with van der Waals surface area (Å²) in [5, 5.41) is 4.50. The van der Waals surface area contributed by atoms with Crippen molar-refractivity contribution in [3.8, 4) is 10.9 Å². The quantitative estimate of drug-likeness (QED) is 0.520. The Bertz CT molecular complexity index is 827. The Morgan fingerprint density at radius 1 is 1.04 bits per heavy atom. The zero-order valence-corrected chi connectivity index (χ0v) is 16.9. The molecule has 0 unspecified atom stereocenters. The van der Waals surface area contributed by atoms with Crippen LogP contribution < -0.4 is 10.1 Å². The Labute approximate surface area is 165 Å². The van der Waals surface area contributed by atoms with E-state index < -0.39 is 0 Å². The first-order valence-corrected chi connectivity index (χ1v) is 11.0. The summed E-state index contributed by atoms with van der Waals surface area (Å²) < 4.78 is 7.12. The molecule has 1 heterocycles. The van der Waals surface area contributed by atoms with Gasteiger partial charge < -0.3 is 10.1 Å². The molecule has 1 aromatic heterocycles. The fourth-order valence-corrected chi connectivity index (χ4v) is 5.06. The molecule has 0 saturated heterocycles. The molecule has 1 aliphatic rings. The van der Waals surface area contributed by atoms with Crippen molar-refractivity contribution in [1.29, 1.82) is 0 Å². The predicted octanol–water partition coefficient (Wildman–Crippen LogP) is 6.33. The van der Waals surface area contributed by atoms with Gasteiger partial charge in [0, 0.05) is 5.54 Å². The molecule has 1 fully saturated rings. The summed E-state index contributed by atoms with van der Waals surface area (Å²) in [4.78, 5) is 4.55.